The molecule has 18 heavy (non-hydrogen) atoms. The molecule has 1 heterocycles. The zero-order valence-corrected chi connectivity index (χ0v) is 10.0. The van der Waals surface area contributed by atoms with Crippen LogP contribution in [0.2, 0.25) is 0 Å². The molecule has 0 aliphatic carbocycles. The van der Waals surface area contributed by atoms with Crippen LogP contribution in [0.1, 0.15) is 13.3 Å². The lowest BCUT2D eigenvalue weighted by Crippen LogP contribution is -2.14. The molecule has 0 fully saturated rings. The molecule has 100 valence electrons. The van der Waals surface area contributed by atoms with E-state index in [1.807, 2.05) is 6.92 Å². The summed E-state index contributed by atoms with van der Waals surface area (Å²) < 4.78 is 5.16. The van der Waals surface area contributed by atoms with Gasteiger partial charge in [-0.2, -0.15) is 4.98 Å². The standard InChI is InChI=1S/C9H16N6O3/c1-2-18-5-3-4-11-8-7(15(16)17)6-12-9(13-8)14-10/h6H,2-5,10H2,1H3,(H2,11,12,13,14). The lowest BCUT2D eigenvalue weighted by molar-refractivity contribution is -0.384. The van der Waals surface area contributed by atoms with Crippen LogP contribution in [-0.4, -0.2) is 34.6 Å². The Morgan fingerprint density at radius 1 is 1.61 bits per heavy atom. The average Bonchev–Trinajstić information content (AvgIpc) is 2.38. The minimum atomic E-state index is -0.550. The van der Waals surface area contributed by atoms with Gasteiger partial charge in [0.1, 0.15) is 6.20 Å². The van der Waals surface area contributed by atoms with Crippen LogP contribution in [-0.2, 0) is 4.74 Å². The number of ether oxygens (including phenoxy) is 1. The lowest BCUT2D eigenvalue weighted by atomic mass is 10.4. The fourth-order valence-electron chi connectivity index (χ4n) is 1.23. The number of nitro groups is 1. The van der Waals surface area contributed by atoms with Crippen molar-refractivity contribution < 1.29 is 9.66 Å². The van der Waals surface area contributed by atoms with Crippen molar-refractivity contribution in [2.24, 2.45) is 5.84 Å². The Hall–Kier alpha value is -2.00. The van der Waals surface area contributed by atoms with Crippen molar-refractivity contribution >= 4 is 17.5 Å². The molecule has 9 nitrogen and oxygen atoms in total. The van der Waals surface area contributed by atoms with Gasteiger partial charge in [0, 0.05) is 19.8 Å². The topological polar surface area (TPSA) is 128 Å². The summed E-state index contributed by atoms with van der Waals surface area (Å²) in [7, 11) is 0. The van der Waals surface area contributed by atoms with Gasteiger partial charge in [-0.3, -0.25) is 15.5 Å². The van der Waals surface area contributed by atoms with E-state index in [1.54, 1.807) is 0 Å². The van der Waals surface area contributed by atoms with Crippen LogP contribution in [0.4, 0.5) is 17.5 Å². The van der Waals surface area contributed by atoms with Crippen LogP contribution >= 0.6 is 0 Å². The van der Waals surface area contributed by atoms with Gasteiger partial charge >= 0.3 is 5.69 Å². The van der Waals surface area contributed by atoms with E-state index in [1.165, 1.54) is 0 Å². The van der Waals surface area contributed by atoms with E-state index in [-0.39, 0.29) is 17.5 Å². The van der Waals surface area contributed by atoms with Gasteiger partial charge in [-0.15, -0.1) is 0 Å². The summed E-state index contributed by atoms with van der Waals surface area (Å²) in [5.74, 6) is 5.40. The first kappa shape index (κ1) is 14.1. The number of hydrazine groups is 1. The van der Waals surface area contributed by atoms with Gasteiger partial charge < -0.3 is 10.1 Å². The highest BCUT2D eigenvalue weighted by Crippen LogP contribution is 2.21. The van der Waals surface area contributed by atoms with Gasteiger partial charge in [-0.05, 0) is 13.3 Å². The van der Waals surface area contributed by atoms with Gasteiger partial charge in [-0.1, -0.05) is 0 Å². The quantitative estimate of drug-likeness (QED) is 0.265. The van der Waals surface area contributed by atoms with Crippen LogP contribution in [0, 0.1) is 10.1 Å². The highest BCUT2D eigenvalue weighted by atomic mass is 16.6. The number of hydrogen-bond donors (Lipinski definition) is 3. The summed E-state index contributed by atoms with van der Waals surface area (Å²) in [6.07, 6.45) is 1.83. The maximum Gasteiger partial charge on any atom is 0.329 e. The largest absolute Gasteiger partial charge is 0.382 e. The van der Waals surface area contributed by atoms with Crippen molar-refractivity contribution in [2.75, 3.05) is 30.5 Å². The molecule has 0 aliphatic heterocycles. The Bertz CT molecular complexity index is 400. The second kappa shape index (κ2) is 7.35. The zero-order valence-electron chi connectivity index (χ0n) is 10.0. The Labute approximate surface area is 104 Å². The molecule has 0 aromatic carbocycles. The van der Waals surface area contributed by atoms with Gasteiger partial charge in [0.15, 0.2) is 0 Å². The van der Waals surface area contributed by atoms with E-state index < -0.39 is 4.92 Å². The highest BCUT2D eigenvalue weighted by molar-refractivity contribution is 5.56. The molecule has 0 radical (unpaired) electrons. The molecule has 0 saturated heterocycles. The van der Waals surface area contributed by atoms with Crippen molar-refractivity contribution in [3.05, 3.63) is 16.3 Å². The molecule has 0 aliphatic rings. The predicted molar refractivity (Wildman–Crippen MR) is 66.1 cm³/mol. The predicted octanol–water partition coefficient (Wildman–Crippen LogP) is 0.509. The molecule has 9 heteroatoms. The number of nitrogen functional groups attached to an aromatic ring is 1. The number of nitrogens with one attached hydrogen (secondary N) is 2. The molecular weight excluding hydrogens is 240 g/mol. The highest BCUT2D eigenvalue weighted by Gasteiger charge is 2.16. The Morgan fingerprint density at radius 2 is 2.39 bits per heavy atom. The summed E-state index contributed by atoms with van der Waals surface area (Å²) in [6, 6.07) is 0. The molecule has 1 aromatic heterocycles. The van der Waals surface area contributed by atoms with Gasteiger partial charge in [0.05, 0.1) is 4.92 Å². The monoisotopic (exact) mass is 256 g/mol. The van der Waals surface area contributed by atoms with Gasteiger partial charge in [-0.25, -0.2) is 10.8 Å². The van der Waals surface area contributed by atoms with Crippen LogP contribution in [0.25, 0.3) is 0 Å². The van der Waals surface area contributed by atoms with E-state index in [9.17, 15) is 10.1 Å². The number of hydrogen-bond acceptors (Lipinski definition) is 8. The van der Waals surface area contributed by atoms with Crippen LogP contribution < -0.4 is 16.6 Å². The Morgan fingerprint density at radius 3 is 3.00 bits per heavy atom. The maximum absolute atomic E-state index is 10.8. The first-order valence-electron chi connectivity index (χ1n) is 5.48. The van der Waals surface area contributed by atoms with Crippen LogP contribution in [0.5, 0.6) is 0 Å². The number of nitrogens with zero attached hydrogens (tertiary/aromatic N) is 3. The van der Waals surface area contributed by atoms with Crippen molar-refractivity contribution in [3.63, 3.8) is 0 Å². The van der Waals surface area contributed by atoms with Gasteiger partial charge in [0.2, 0.25) is 11.8 Å². The van der Waals surface area contributed by atoms with Crippen LogP contribution in [0.15, 0.2) is 6.20 Å². The Kier molecular flexibility index (Phi) is 5.74. The van der Waals surface area contributed by atoms with Gasteiger partial charge in [0.25, 0.3) is 0 Å². The van der Waals surface area contributed by atoms with Crippen molar-refractivity contribution in [1.82, 2.24) is 9.97 Å². The number of anilines is 2. The smallest absolute Gasteiger partial charge is 0.329 e. The Balaban J connectivity index is 2.63. The van der Waals surface area contributed by atoms with E-state index >= 15 is 0 Å². The van der Waals surface area contributed by atoms with Crippen molar-refractivity contribution in [2.45, 2.75) is 13.3 Å². The van der Waals surface area contributed by atoms with E-state index in [0.717, 1.165) is 12.6 Å². The molecule has 4 N–H and O–H groups in total. The first-order chi connectivity index (χ1) is 8.69. The minimum absolute atomic E-state index is 0.118. The molecule has 0 saturated carbocycles. The summed E-state index contributed by atoms with van der Waals surface area (Å²) in [4.78, 5) is 17.8. The first-order valence-corrected chi connectivity index (χ1v) is 5.48. The third kappa shape index (κ3) is 4.11. The molecule has 0 atom stereocenters. The van der Waals surface area contributed by atoms with Crippen molar-refractivity contribution in [1.29, 1.82) is 0 Å². The summed E-state index contributed by atoms with van der Waals surface area (Å²) >= 11 is 0. The van der Waals surface area contributed by atoms with E-state index in [0.29, 0.717) is 19.8 Å². The van der Waals surface area contributed by atoms with Crippen molar-refractivity contribution in [3.8, 4) is 0 Å². The van der Waals surface area contributed by atoms with E-state index in [4.69, 9.17) is 10.6 Å². The average molecular weight is 256 g/mol. The number of rotatable bonds is 8. The maximum atomic E-state index is 10.8. The summed E-state index contributed by atoms with van der Waals surface area (Å²) in [6.45, 7) is 3.66. The molecule has 1 aromatic rings. The third-order valence-corrected chi connectivity index (χ3v) is 2.06. The molecule has 0 unspecified atom stereocenters. The molecule has 0 amide bonds. The second-order valence-corrected chi connectivity index (χ2v) is 3.31. The fraction of sp³-hybridized carbons (Fsp3) is 0.556. The summed E-state index contributed by atoms with van der Waals surface area (Å²) in [5, 5.41) is 13.6. The molecule has 0 spiro atoms. The molecular formula is C9H16N6O3. The summed E-state index contributed by atoms with van der Waals surface area (Å²) in [5.41, 5.74) is 2.05. The number of aromatic nitrogens is 2. The molecule has 0 bridgehead atoms. The zero-order chi connectivity index (χ0) is 13.4. The molecule has 1 rings (SSSR count). The lowest BCUT2D eigenvalue weighted by Gasteiger charge is -2.07. The fourth-order valence-corrected chi connectivity index (χ4v) is 1.23. The third-order valence-electron chi connectivity index (χ3n) is 2.06. The second-order valence-electron chi connectivity index (χ2n) is 3.31. The SMILES string of the molecule is CCOCCCNc1nc(NN)ncc1[N+](=O)[O-]. The van der Waals surface area contributed by atoms with Crippen LogP contribution in [0.3, 0.4) is 0 Å². The minimum Gasteiger partial charge on any atom is -0.382 e. The number of nitrogens with two attached hydrogens (primary N) is 1. The normalized spacial score (nSPS) is 10.1. The van der Waals surface area contributed by atoms with E-state index in [2.05, 4.69) is 20.7 Å².